The Balaban J connectivity index is 1.53. The van der Waals surface area contributed by atoms with E-state index in [0.29, 0.717) is 5.56 Å². The van der Waals surface area contributed by atoms with E-state index in [1.54, 1.807) is 44.2 Å². The zero-order valence-corrected chi connectivity index (χ0v) is 20.0. The summed E-state index contributed by atoms with van der Waals surface area (Å²) in [5.41, 5.74) is 1.24. The summed E-state index contributed by atoms with van der Waals surface area (Å²) >= 11 is 0. The van der Waals surface area contributed by atoms with Crippen LogP contribution in [0.3, 0.4) is 0 Å². The number of hydrogen-bond donors (Lipinski definition) is 0. The second-order valence-electron chi connectivity index (χ2n) is 8.63. The Kier molecular flexibility index (Phi) is 7.36. The van der Waals surface area contributed by atoms with Crippen LogP contribution in [0, 0.1) is 0 Å². The van der Waals surface area contributed by atoms with E-state index in [-0.39, 0.29) is 13.2 Å². The minimum Gasteiger partial charge on any atom is -0.459 e. The largest absolute Gasteiger partial charge is 0.459 e. The van der Waals surface area contributed by atoms with E-state index in [1.165, 1.54) is 0 Å². The van der Waals surface area contributed by atoms with Crippen molar-refractivity contribution >= 4 is 16.1 Å². The molecule has 5 atom stereocenters. The number of benzene rings is 2. The monoisotopic (exact) mass is 492 g/mol. The molecule has 2 aliphatic rings. The maximum Gasteiger partial charge on any atom is 0.338 e. The topological polar surface area (TPSA) is 107 Å². The third kappa shape index (κ3) is 6.21. The van der Waals surface area contributed by atoms with E-state index in [9.17, 15) is 13.2 Å². The number of rotatable bonds is 9. The van der Waals surface area contributed by atoms with Crippen molar-refractivity contribution in [2.45, 2.75) is 56.9 Å². The summed E-state index contributed by atoms with van der Waals surface area (Å²) in [4.78, 5) is 12.5. The highest BCUT2D eigenvalue weighted by Crippen LogP contribution is 2.40. The number of esters is 1. The lowest BCUT2D eigenvalue weighted by atomic mass is 10.1. The SMILES string of the molecule is CC1(C)O[C@H]2O[C@H]([C@@H](COC(=O)c3ccccc3)OS(C)(=O)=O)C(OCc3ccccc3)[C@@H]2O1. The Morgan fingerprint density at radius 3 is 2.32 bits per heavy atom. The summed E-state index contributed by atoms with van der Waals surface area (Å²) in [6.07, 6.45) is -3.35. The van der Waals surface area contributed by atoms with Gasteiger partial charge in [-0.3, -0.25) is 4.18 Å². The van der Waals surface area contributed by atoms with Gasteiger partial charge in [0.25, 0.3) is 10.1 Å². The van der Waals surface area contributed by atoms with Crippen molar-refractivity contribution in [2.75, 3.05) is 12.9 Å². The van der Waals surface area contributed by atoms with Crippen LogP contribution in [0.4, 0.5) is 0 Å². The first-order valence-corrected chi connectivity index (χ1v) is 12.7. The van der Waals surface area contributed by atoms with Gasteiger partial charge in [0.05, 0.1) is 18.4 Å². The number of carbonyl (C=O) groups is 1. The second-order valence-corrected chi connectivity index (χ2v) is 10.2. The van der Waals surface area contributed by atoms with Crippen molar-refractivity contribution in [1.29, 1.82) is 0 Å². The maximum atomic E-state index is 12.5. The van der Waals surface area contributed by atoms with Gasteiger partial charge in [0.15, 0.2) is 12.1 Å². The molecular weight excluding hydrogens is 464 g/mol. The molecule has 0 aromatic heterocycles. The average Bonchev–Trinajstić information content (AvgIpc) is 3.27. The predicted octanol–water partition coefficient (Wildman–Crippen LogP) is 2.65. The van der Waals surface area contributed by atoms with Crippen molar-refractivity contribution in [2.24, 2.45) is 0 Å². The third-order valence-corrected chi connectivity index (χ3v) is 5.96. The van der Waals surface area contributed by atoms with Gasteiger partial charge in [0.1, 0.15) is 31.0 Å². The zero-order valence-electron chi connectivity index (χ0n) is 19.2. The summed E-state index contributed by atoms with van der Waals surface area (Å²) in [6, 6.07) is 17.9. The molecule has 34 heavy (non-hydrogen) atoms. The summed E-state index contributed by atoms with van der Waals surface area (Å²) in [5.74, 6) is -1.52. The fraction of sp³-hybridized carbons (Fsp3) is 0.458. The molecule has 2 heterocycles. The first-order valence-electron chi connectivity index (χ1n) is 10.9. The van der Waals surface area contributed by atoms with Gasteiger partial charge in [-0.2, -0.15) is 8.42 Å². The smallest absolute Gasteiger partial charge is 0.338 e. The maximum absolute atomic E-state index is 12.5. The van der Waals surface area contributed by atoms with Crippen molar-refractivity contribution in [3.8, 4) is 0 Å². The van der Waals surface area contributed by atoms with E-state index >= 15 is 0 Å². The highest BCUT2D eigenvalue weighted by atomic mass is 32.2. The van der Waals surface area contributed by atoms with Crippen molar-refractivity contribution < 1.29 is 41.1 Å². The Bertz CT molecular complexity index is 1070. The lowest BCUT2D eigenvalue weighted by Gasteiger charge is -2.30. The van der Waals surface area contributed by atoms with Gasteiger partial charge < -0.3 is 23.7 Å². The highest BCUT2D eigenvalue weighted by Gasteiger charge is 2.58. The molecule has 0 bridgehead atoms. The minimum absolute atomic E-state index is 0.230. The predicted molar refractivity (Wildman–Crippen MR) is 120 cm³/mol. The molecule has 1 unspecified atom stereocenters. The quantitative estimate of drug-likeness (QED) is 0.386. The molecule has 10 heteroatoms. The summed E-state index contributed by atoms with van der Waals surface area (Å²) in [6.45, 7) is 3.36. The molecule has 0 saturated carbocycles. The van der Waals surface area contributed by atoms with Crippen LogP contribution in [0.2, 0.25) is 0 Å². The van der Waals surface area contributed by atoms with Crippen molar-refractivity contribution in [1.82, 2.24) is 0 Å². The van der Waals surface area contributed by atoms with Gasteiger partial charge in [-0.05, 0) is 31.5 Å². The van der Waals surface area contributed by atoms with E-state index in [4.69, 9.17) is 27.9 Å². The lowest BCUT2D eigenvalue weighted by molar-refractivity contribution is -0.230. The molecule has 0 N–H and O–H groups in total. The normalized spacial score (nSPS) is 26.7. The van der Waals surface area contributed by atoms with Crippen molar-refractivity contribution in [3.05, 3.63) is 71.8 Å². The Hall–Kier alpha value is -2.34. The molecule has 0 amide bonds. The van der Waals surface area contributed by atoms with Gasteiger partial charge >= 0.3 is 5.97 Å². The molecule has 2 aliphatic heterocycles. The van der Waals surface area contributed by atoms with Crippen LogP contribution < -0.4 is 0 Å². The first kappa shape index (κ1) is 24.8. The van der Waals surface area contributed by atoms with E-state index in [2.05, 4.69) is 0 Å². The van der Waals surface area contributed by atoms with Gasteiger partial charge in [0.2, 0.25) is 0 Å². The van der Waals surface area contributed by atoms with Crippen LogP contribution in [0.25, 0.3) is 0 Å². The van der Waals surface area contributed by atoms with E-state index in [1.807, 2.05) is 30.3 Å². The van der Waals surface area contributed by atoms with E-state index in [0.717, 1.165) is 11.8 Å². The van der Waals surface area contributed by atoms with Crippen LogP contribution in [0.5, 0.6) is 0 Å². The van der Waals surface area contributed by atoms with Crippen LogP contribution in [0.1, 0.15) is 29.8 Å². The minimum atomic E-state index is -3.92. The fourth-order valence-electron chi connectivity index (χ4n) is 3.98. The number of ether oxygens (including phenoxy) is 5. The van der Waals surface area contributed by atoms with Crippen LogP contribution >= 0.6 is 0 Å². The van der Waals surface area contributed by atoms with Gasteiger partial charge in [-0.15, -0.1) is 0 Å². The lowest BCUT2D eigenvalue weighted by Crippen LogP contribution is -2.46. The van der Waals surface area contributed by atoms with Crippen LogP contribution in [-0.4, -0.2) is 63.7 Å². The summed E-state index contributed by atoms with van der Waals surface area (Å²) in [5, 5.41) is 0. The molecule has 184 valence electrons. The molecule has 0 aliphatic carbocycles. The molecule has 9 nitrogen and oxygen atoms in total. The molecule has 2 aromatic carbocycles. The Morgan fingerprint density at radius 2 is 1.68 bits per heavy atom. The Labute approximate surface area is 199 Å². The Morgan fingerprint density at radius 1 is 1.03 bits per heavy atom. The van der Waals surface area contributed by atoms with Gasteiger partial charge in [-0.1, -0.05) is 48.5 Å². The first-order chi connectivity index (χ1) is 16.1. The average molecular weight is 493 g/mol. The standard InChI is InChI=1S/C24H28O9S/c1-24(2)31-21-20(28-14-16-10-6-4-7-11-16)19(30-23(21)32-24)18(33-34(3,26)27)15-29-22(25)17-12-8-5-9-13-17/h4-13,18-21,23H,14-15H2,1-3H3/t18-,19-,20?,21+,23-/m1/s1. The third-order valence-electron chi connectivity index (χ3n) is 5.37. The molecule has 2 saturated heterocycles. The molecule has 2 aromatic rings. The highest BCUT2D eigenvalue weighted by molar-refractivity contribution is 7.86. The second kappa shape index (κ2) is 10.1. The molecule has 0 spiro atoms. The van der Waals surface area contributed by atoms with Crippen LogP contribution in [0.15, 0.2) is 60.7 Å². The summed E-state index contributed by atoms with van der Waals surface area (Å²) in [7, 11) is -3.92. The van der Waals surface area contributed by atoms with Crippen molar-refractivity contribution in [3.63, 3.8) is 0 Å². The molecular formula is C24H28O9S. The molecule has 4 rings (SSSR count). The number of fused-ring (bicyclic) bond motifs is 1. The fourth-order valence-corrected chi connectivity index (χ4v) is 4.59. The summed E-state index contributed by atoms with van der Waals surface area (Å²) < 4.78 is 58.7. The number of hydrogen-bond acceptors (Lipinski definition) is 9. The van der Waals surface area contributed by atoms with Gasteiger partial charge in [0, 0.05) is 0 Å². The molecule has 2 fully saturated rings. The van der Waals surface area contributed by atoms with Crippen LogP contribution in [-0.2, 0) is 44.6 Å². The van der Waals surface area contributed by atoms with E-state index < -0.39 is 52.6 Å². The zero-order chi connectivity index (χ0) is 24.3. The molecule has 0 radical (unpaired) electrons. The van der Waals surface area contributed by atoms with Gasteiger partial charge in [-0.25, -0.2) is 4.79 Å². The number of carbonyl (C=O) groups excluding carboxylic acids is 1.